The van der Waals surface area contributed by atoms with E-state index in [1.54, 1.807) is 24.3 Å². The van der Waals surface area contributed by atoms with E-state index in [2.05, 4.69) is 19.2 Å². The maximum Gasteiger partial charge on any atom is 0.251 e. The van der Waals surface area contributed by atoms with E-state index >= 15 is 0 Å². The van der Waals surface area contributed by atoms with Crippen molar-refractivity contribution in [2.45, 2.75) is 20.3 Å². The van der Waals surface area contributed by atoms with Crippen LogP contribution in [0.2, 0.25) is 0 Å². The molecule has 1 aromatic rings. The van der Waals surface area contributed by atoms with Crippen molar-refractivity contribution in [3.63, 3.8) is 0 Å². The number of nitrogens with two attached hydrogens (primary N) is 1. The van der Waals surface area contributed by atoms with Crippen molar-refractivity contribution in [2.75, 3.05) is 25.5 Å². The molecule has 1 rings (SSSR count). The maximum absolute atomic E-state index is 11.7. The molecule has 0 saturated heterocycles. The summed E-state index contributed by atoms with van der Waals surface area (Å²) in [5.74, 6) is 0.457. The van der Waals surface area contributed by atoms with Gasteiger partial charge in [0.2, 0.25) is 0 Å². The van der Waals surface area contributed by atoms with Gasteiger partial charge in [-0.15, -0.1) is 0 Å². The molecule has 100 valence electrons. The number of nitrogen functional groups attached to an aromatic ring is 1. The van der Waals surface area contributed by atoms with Gasteiger partial charge in [-0.2, -0.15) is 0 Å². The molecule has 1 aromatic carbocycles. The van der Waals surface area contributed by atoms with Crippen LogP contribution >= 0.6 is 0 Å². The van der Waals surface area contributed by atoms with Gasteiger partial charge in [-0.05, 0) is 30.5 Å². The molecule has 4 nitrogen and oxygen atoms in total. The molecule has 0 aliphatic heterocycles. The minimum atomic E-state index is -0.0915. The van der Waals surface area contributed by atoms with Gasteiger partial charge < -0.3 is 15.8 Å². The molecule has 4 heteroatoms. The highest BCUT2D eigenvalue weighted by atomic mass is 16.5. The van der Waals surface area contributed by atoms with Crippen molar-refractivity contribution in [1.29, 1.82) is 0 Å². The predicted octanol–water partition coefficient (Wildman–Crippen LogP) is 2.06. The zero-order valence-corrected chi connectivity index (χ0v) is 11.1. The fourth-order valence-corrected chi connectivity index (χ4v) is 1.48. The molecule has 0 atom stereocenters. The van der Waals surface area contributed by atoms with Gasteiger partial charge in [-0.25, -0.2) is 0 Å². The summed E-state index contributed by atoms with van der Waals surface area (Å²) in [4.78, 5) is 11.7. The summed E-state index contributed by atoms with van der Waals surface area (Å²) in [6.07, 6.45) is 0.820. The van der Waals surface area contributed by atoms with Gasteiger partial charge in [-0.1, -0.05) is 19.9 Å². The summed E-state index contributed by atoms with van der Waals surface area (Å²) >= 11 is 0. The van der Waals surface area contributed by atoms with Gasteiger partial charge in [-0.3, -0.25) is 4.79 Å². The lowest BCUT2D eigenvalue weighted by atomic mass is 10.2. The number of amides is 1. The molecule has 0 fully saturated rings. The molecule has 3 N–H and O–H groups in total. The monoisotopic (exact) mass is 250 g/mol. The van der Waals surface area contributed by atoms with Crippen molar-refractivity contribution < 1.29 is 9.53 Å². The molecule has 0 aliphatic rings. The zero-order valence-electron chi connectivity index (χ0n) is 11.1. The Labute approximate surface area is 109 Å². The SMILES string of the molecule is CC(C)COCCCNC(=O)c1cccc(N)c1. The third-order valence-electron chi connectivity index (χ3n) is 2.35. The molecule has 18 heavy (non-hydrogen) atoms. The Morgan fingerprint density at radius 3 is 2.89 bits per heavy atom. The van der Waals surface area contributed by atoms with Crippen LogP contribution in [0.1, 0.15) is 30.6 Å². The Morgan fingerprint density at radius 1 is 1.44 bits per heavy atom. The summed E-state index contributed by atoms with van der Waals surface area (Å²) < 4.78 is 5.43. The Balaban J connectivity index is 2.18. The molecule has 0 aromatic heterocycles. The summed E-state index contributed by atoms with van der Waals surface area (Å²) in [7, 11) is 0. The first-order chi connectivity index (χ1) is 8.59. The van der Waals surface area contributed by atoms with E-state index in [9.17, 15) is 4.79 Å². The van der Waals surface area contributed by atoms with Crippen LogP contribution in [0.25, 0.3) is 0 Å². The third-order valence-corrected chi connectivity index (χ3v) is 2.35. The number of rotatable bonds is 7. The first-order valence-electron chi connectivity index (χ1n) is 6.31. The topological polar surface area (TPSA) is 64.3 Å². The van der Waals surface area contributed by atoms with E-state index in [4.69, 9.17) is 10.5 Å². The van der Waals surface area contributed by atoms with E-state index < -0.39 is 0 Å². The lowest BCUT2D eigenvalue weighted by Crippen LogP contribution is -2.25. The van der Waals surface area contributed by atoms with Crippen molar-refractivity contribution in [3.8, 4) is 0 Å². The van der Waals surface area contributed by atoms with E-state index in [1.165, 1.54) is 0 Å². The summed E-state index contributed by atoms with van der Waals surface area (Å²) in [5.41, 5.74) is 6.81. The minimum Gasteiger partial charge on any atom is -0.399 e. The van der Waals surface area contributed by atoms with Gasteiger partial charge in [0.1, 0.15) is 0 Å². The number of hydrogen-bond acceptors (Lipinski definition) is 3. The molecule has 0 aliphatic carbocycles. The van der Waals surface area contributed by atoms with Crippen molar-refractivity contribution in [2.24, 2.45) is 5.92 Å². The van der Waals surface area contributed by atoms with E-state index in [0.29, 0.717) is 30.3 Å². The van der Waals surface area contributed by atoms with Crippen LogP contribution < -0.4 is 11.1 Å². The van der Waals surface area contributed by atoms with Crippen molar-refractivity contribution in [1.82, 2.24) is 5.32 Å². The number of benzene rings is 1. The molecule has 0 heterocycles. The summed E-state index contributed by atoms with van der Waals surface area (Å²) in [6, 6.07) is 6.96. The van der Waals surface area contributed by atoms with E-state index in [-0.39, 0.29) is 5.91 Å². The predicted molar refractivity (Wildman–Crippen MR) is 73.5 cm³/mol. The van der Waals surface area contributed by atoms with Crippen LogP contribution in [0.5, 0.6) is 0 Å². The first-order valence-corrected chi connectivity index (χ1v) is 6.31. The second-order valence-electron chi connectivity index (χ2n) is 4.70. The molecule has 1 amide bonds. The van der Waals surface area contributed by atoms with E-state index in [1.807, 2.05) is 0 Å². The average molecular weight is 250 g/mol. The zero-order chi connectivity index (χ0) is 13.4. The van der Waals surface area contributed by atoms with Gasteiger partial charge in [0.15, 0.2) is 0 Å². The number of hydrogen-bond donors (Lipinski definition) is 2. The van der Waals surface area contributed by atoms with Crippen LogP contribution in [0.15, 0.2) is 24.3 Å². The number of anilines is 1. The van der Waals surface area contributed by atoms with Crippen LogP contribution in [-0.2, 0) is 4.74 Å². The molecule has 0 unspecified atom stereocenters. The van der Waals surface area contributed by atoms with Crippen LogP contribution in [0, 0.1) is 5.92 Å². The first kappa shape index (κ1) is 14.5. The van der Waals surface area contributed by atoms with Crippen LogP contribution in [0.4, 0.5) is 5.69 Å². The maximum atomic E-state index is 11.7. The second-order valence-corrected chi connectivity index (χ2v) is 4.70. The lowest BCUT2D eigenvalue weighted by molar-refractivity contribution is 0.0925. The lowest BCUT2D eigenvalue weighted by Gasteiger charge is -2.08. The third kappa shape index (κ3) is 5.68. The van der Waals surface area contributed by atoms with Gasteiger partial charge in [0, 0.05) is 31.0 Å². The van der Waals surface area contributed by atoms with Crippen LogP contribution in [-0.4, -0.2) is 25.7 Å². The normalized spacial score (nSPS) is 10.6. The molecule has 0 saturated carbocycles. The highest BCUT2D eigenvalue weighted by Crippen LogP contribution is 2.05. The average Bonchev–Trinajstić information content (AvgIpc) is 2.33. The fourth-order valence-electron chi connectivity index (χ4n) is 1.48. The van der Waals surface area contributed by atoms with Crippen molar-refractivity contribution in [3.05, 3.63) is 29.8 Å². The Bertz CT molecular complexity index is 378. The van der Waals surface area contributed by atoms with Crippen LogP contribution in [0.3, 0.4) is 0 Å². The molecule has 0 spiro atoms. The summed E-state index contributed by atoms with van der Waals surface area (Å²) in [5, 5.41) is 2.84. The van der Waals surface area contributed by atoms with Gasteiger partial charge in [0.25, 0.3) is 5.91 Å². The minimum absolute atomic E-state index is 0.0915. The fraction of sp³-hybridized carbons (Fsp3) is 0.500. The second kappa shape index (κ2) is 7.71. The highest BCUT2D eigenvalue weighted by molar-refractivity contribution is 5.94. The van der Waals surface area contributed by atoms with Gasteiger partial charge in [0.05, 0.1) is 0 Å². The summed E-state index contributed by atoms with van der Waals surface area (Å²) in [6.45, 7) is 6.29. The van der Waals surface area contributed by atoms with Crippen molar-refractivity contribution >= 4 is 11.6 Å². The quantitative estimate of drug-likeness (QED) is 0.575. The smallest absolute Gasteiger partial charge is 0.251 e. The number of nitrogens with one attached hydrogen (secondary N) is 1. The number of ether oxygens (including phenoxy) is 1. The molecule has 0 bridgehead atoms. The molecular weight excluding hydrogens is 228 g/mol. The Hall–Kier alpha value is -1.55. The standard InChI is InChI=1S/C14H22N2O2/c1-11(2)10-18-8-4-7-16-14(17)12-5-3-6-13(15)9-12/h3,5-6,9,11H,4,7-8,10,15H2,1-2H3,(H,16,17). The van der Waals surface area contributed by atoms with Gasteiger partial charge >= 0.3 is 0 Å². The highest BCUT2D eigenvalue weighted by Gasteiger charge is 2.04. The number of carbonyl (C=O) groups excluding carboxylic acids is 1. The Morgan fingerprint density at radius 2 is 2.22 bits per heavy atom. The Kier molecular flexibility index (Phi) is 6.22. The largest absolute Gasteiger partial charge is 0.399 e. The number of carbonyl (C=O) groups is 1. The molecular formula is C14H22N2O2. The molecule has 0 radical (unpaired) electrons. The van der Waals surface area contributed by atoms with E-state index in [0.717, 1.165) is 13.0 Å².